The van der Waals surface area contributed by atoms with Crippen molar-refractivity contribution in [1.29, 1.82) is 0 Å². The van der Waals surface area contributed by atoms with Gasteiger partial charge in [0.2, 0.25) is 0 Å². The van der Waals surface area contributed by atoms with E-state index in [2.05, 4.69) is 12.6 Å². The maximum atomic E-state index is 13.0. The van der Waals surface area contributed by atoms with Gasteiger partial charge in [0.15, 0.2) is 5.41 Å². The number of carbonyl (C=O) groups is 3. The largest absolute Gasteiger partial charge is 0.465 e. The molecule has 2 rings (SSSR count). The van der Waals surface area contributed by atoms with E-state index in [1.54, 1.807) is 12.1 Å². The maximum absolute atomic E-state index is 13.0. The molecule has 1 aromatic rings. The number of methoxy groups -OCH3 is 1. The predicted octanol–water partition coefficient (Wildman–Crippen LogP) is 3.85. The van der Waals surface area contributed by atoms with E-state index in [-0.39, 0.29) is 18.3 Å². The summed E-state index contributed by atoms with van der Waals surface area (Å²) < 4.78 is 15.7. The Balaban J connectivity index is 2.55. The van der Waals surface area contributed by atoms with E-state index in [1.165, 1.54) is 21.0 Å². The minimum Gasteiger partial charge on any atom is -0.465 e. The number of hydrogen-bond acceptors (Lipinski definition) is 7. The van der Waals surface area contributed by atoms with Crippen LogP contribution in [0.4, 0.5) is 0 Å². The molecule has 1 aromatic carbocycles. The van der Waals surface area contributed by atoms with Crippen LogP contribution in [0.25, 0.3) is 0 Å². The second kappa shape index (κ2) is 8.38. The number of ether oxygens (including phenoxy) is 3. The molecular formula is C22H30O6S. The molecule has 0 amide bonds. The van der Waals surface area contributed by atoms with Gasteiger partial charge < -0.3 is 14.2 Å². The number of esters is 3. The summed E-state index contributed by atoms with van der Waals surface area (Å²) in [5.74, 6) is -2.48. The molecule has 1 heterocycles. The van der Waals surface area contributed by atoms with Gasteiger partial charge in [0.05, 0.1) is 12.7 Å². The van der Waals surface area contributed by atoms with Gasteiger partial charge in [-0.05, 0) is 53.7 Å². The third kappa shape index (κ3) is 5.13. The Morgan fingerprint density at radius 2 is 1.69 bits per heavy atom. The van der Waals surface area contributed by atoms with Crippen molar-refractivity contribution in [2.45, 2.75) is 65.1 Å². The first-order valence-corrected chi connectivity index (χ1v) is 10.3. The lowest BCUT2D eigenvalue weighted by atomic mass is 9.75. The van der Waals surface area contributed by atoms with Gasteiger partial charge in [-0.3, -0.25) is 9.59 Å². The van der Waals surface area contributed by atoms with Gasteiger partial charge in [0.1, 0.15) is 0 Å². The Labute approximate surface area is 177 Å². The molecule has 0 spiro atoms. The summed E-state index contributed by atoms with van der Waals surface area (Å²) in [4.78, 5) is 38.1. The smallest absolute Gasteiger partial charge is 0.337 e. The van der Waals surface area contributed by atoms with Crippen LogP contribution >= 0.6 is 12.6 Å². The lowest BCUT2D eigenvalue weighted by Gasteiger charge is -2.40. The molecule has 0 radical (unpaired) electrons. The molecule has 160 valence electrons. The van der Waals surface area contributed by atoms with Crippen molar-refractivity contribution in [3.8, 4) is 0 Å². The highest BCUT2D eigenvalue weighted by Gasteiger charge is 2.55. The number of rotatable bonds is 6. The van der Waals surface area contributed by atoms with E-state index < -0.39 is 29.1 Å². The van der Waals surface area contributed by atoms with Gasteiger partial charge in [-0.15, -0.1) is 0 Å². The zero-order valence-electron chi connectivity index (χ0n) is 18.0. The summed E-state index contributed by atoms with van der Waals surface area (Å²) in [6, 6.07) is 5.34. The topological polar surface area (TPSA) is 78.9 Å². The number of hydrogen-bond donors (Lipinski definition) is 1. The fraction of sp³-hybridized carbons (Fsp3) is 0.591. The average molecular weight is 423 g/mol. The van der Waals surface area contributed by atoms with Crippen LogP contribution in [0.15, 0.2) is 18.2 Å². The molecule has 1 aliphatic heterocycles. The van der Waals surface area contributed by atoms with E-state index in [1.807, 2.05) is 26.8 Å². The molecule has 1 aliphatic rings. The van der Waals surface area contributed by atoms with Gasteiger partial charge in [-0.2, -0.15) is 12.6 Å². The molecule has 0 saturated carbocycles. The molecular weight excluding hydrogens is 392 g/mol. The van der Waals surface area contributed by atoms with Crippen LogP contribution in [-0.2, 0) is 35.6 Å². The van der Waals surface area contributed by atoms with Crippen LogP contribution < -0.4 is 0 Å². The van der Waals surface area contributed by atoms with Gasteiger partial charge in [0, 0.05) is 13.8 Å². The molecule has 7 heteroatoms. The summed E-state index contributed by atoms with van der Waals surface area (Å²) in [5.41, 5.74) is 0.231. The van der Waals surface area contributed by atoms with E-state index in [9.17, 15) is 14.4 Å². The maximum Gasteiger partial charge on any atom is 0.337 e. The Morgan fingerprint density at radius 3 is 2.17 bits per heavy atom. The highest BCUT2D eigenvalue weighted by Crippen LogP contribution is 2.40. The van der Waals surface area contributed by atoms with Crippen molar-refractivity contribution < 1.29 is 28.6 Å². The van der Waals surface area contributed by atoms with Gasteiger partial charge >= 0.3 is 17.9 Å². The highest BCUT2D eigenvalue weighted by molar-refractivity contribution is 7.80. The molecule has 0 atom stereocenters. The van der Waals surface area contributed by atoms with Crippen molar-refractivity contribution in [3.05, 3.63) is 34.9 Å². The second-order valence-corrected chi connectivity index (χ2v) is 9.37. The summed E-state index contributed by atoms with van der Waals surface area (Å²) >= 11 is 4.22. The number of thiol groups is 1. The first-order chi connectivity index (χ1) is 13.3. The standard InChI is InChI=1S/C22H30O6S/c1-20(2,3)16-11-14(10-15(12-16)17(23)26-6)13-22(8-7-9-29)18(24)27-21(4,5)28-19(22)25/h10-12,29H,7-9,13H2,1-6H3. The number of cyclic esters (lactones) is 2. The highest BCUT2D eigenvalue weighted by atomic mass is 32.1. The van der Waals surface area contributed by atoms with Crippen molar-refractivity contribution in [2.24, 2.45) is 5.41 Å². The predicted molar refractivity (Wildman–Crippen MR) is 112 cm³/mol. The fourth-order valence-electron chi connectivity index (χ4n) is 3.37. The third-order valence-electron chi connectivity index (χ3n) is 5.01. The number of benzene rings is 1. The van der Waals surface area contributed by atoms with Crippen molar-refractivity contribution in [1.82, 2.24) is 0 Å². The van der Waals surface area contributed by atoms with Crippen molar-refractivity contribution in [2.75, 3.05) is 12.9 Å². The molecule has 29 heavy (non-hydrogen) atoms. The van der Waals surface area contributed by atoms with Crippen LogP contribution in [0, 0.1) is 5.41 Å². The zero-order valence-corrected chi connectivity index (χ0v) is 18.9. The molecule has 0 aromatic heterocycles. The van der Waals surface area contributed by atoms with Crippen LogP contribution in [0.1, 0.15) is 68.9 Å². The van der Waals surface area contributed by atoms with E-state index in [0.717, 1.165) is 5.56 Å². The molecule has 1 fully saturated rings. The SMILES string of the molecule is COC(=O)c1cc(CC2(CCCS)C(=O)OC(C)(C)OC2=O)cc(C(C)(C)C)c1. The van der Waals surface area contributed by atoms with Crippen molar-refractivity contribution >= 4 is 30.5 Å². The third-order valence-corrected chi connectivity index (χ3v) is 5.32. The van der Waals surface area contributed by atoms with Crippen LogP contribution in [0.2, 0.25) is 0 Å². The van der Waals surface area contributed by atoms with E-state index in [0.29, 0.717) is 23.3 Å². The summed E-state index contributed by atoms with van der Waals surface area (Å²) in [5, 5.41) is 0. The Morgan fingerprint density at radius 1 is 1.10 bits per heavy atom. The lowest BCUT2D eigenvalue weighted by molar-refractivity contribution is -0.251. The summed E-state index contributed by atoms with van der Waals surface area (Å²) in [6.45, 7) is 9.13. The number of carbonyl (C=O) groups excluding carboxylic acids is 3. The Hall–Kier alpha value is -2.02. The average Bonchev–Trinajstić information content (AvgIpc) is 2.61. The molecule has 0 aliphatic carbocycles. The van der Waals surface area contributed by atoms with Crippen LogP contribution in [-0.4, -0.2) is 36.6 Å². The molecule has 1 saturated heterocycles. The summed E-state index contributed by atoms with van der Waals surface area (Å²) in [7, 11) is 1.32. The minimum absolute atomic E-state index is 0.0719. The molecule has 0 N–H and O–H groups in total. The minimum atomic E-state index is -1.47. The Kier molecular flexibility index (Phi) is 6.72. The first kappa shape index (κ1) is 23.3. The van der Waals surface area contributed by atoms with Gasteiger partial charge in [-0.1, -0.05) is 26.8 Å². The summed E-state index contributed by atoms with van der Waals surface area (Å²) in [6.07, 6.45) is 0.858. The molecule has 6 nitrogen and oxygen atoms in total. The second-order valence-electron chi connectivity index (χ2n) is 8.93. The fourth-order valence-corrected chi connectivity index (χ4v) is 3.53. The first-order valence-electron chi connectivity index (χ1n) is 9.65. The lowest BCUT2D eigenvalue weighted by Crippen LogP contribution is -2.55. The normalized spacial score (nSPS) is 18.0. The van der Waals surface area contributed by atoms with Gasteiger partial charge in [-0.25, -0.2) is 4.79 Å². The molecule has 0 unspecified atom stereocenters. The van der Waals surface area contributed by atoms with E-state index >= 15 is 0 Å². The van der Waals surface area contributed by atoms with E-state index in [4.69, 9.17) is 14.2 Å². The Bertz CT molecular complexity index is 786. The van der Waals surface area contributed by atoms with Gasteiger partial charge in [0.25, 0.3) is 5.79 Å². The quantitative estimate of drug-likeness (QED) is 0.426. The van der Waals surface area contributed by atoms with Crippen LogP contribution in [0.3, 0.4) is 0 Å². The zero-order chi connectivity index (χ0) is 22.0. The van der Waals surface area contributed by atoms with Crippen LogP contribution in [0.5, 0.6) is 0 Å². The van der Waals surface area contributed by atoms with Crippen molar-refractivity contribution in [3.63, 3.8) is 0 Å². The monoisotopic (exact) mass is 422 g/mol. The molecule has 0 bridgehead atoms.